The predicted molar refractivity (Wildman–Crippen MR) is 131 cm³/mol. The number of benzene rings is 3. The molecular weight excluding hydrogens is 462 g/mol. The van der Waals surface area contributed by atoms with Gasteiger partial charge in [0.15, 0.2) is 23.0 Å². The standard InChI is InChI=1S/C28H21NO7/c1-2-33-19-10-7-16(8-11-19)25-24(26(30)23-13-17-5-3-4-6-20(17)36-23)27(31)28(32)29(25)18-9-12-21-22(14-18)35-15-34-21/h3-14,25,31H,2,15H2,1H3. The van der Waals surface area contributed by atoms with Crippen molar-refractivity contribution >= 4 is 28.3 Å². The minimum Gasteiger partial charge on any atom is -0.503 e. The van der Waals surface area contributed by atoms with Crippen LogP contribution >= 0.6 is 0 Å². The van der Waals surface area contributed by atoms with Crippen LogP contribution in [0.5, 0.6) is 17.2 Å². The fourth-order valence-corrected chi connectivity index (χ4v) is 4.59. The number of aliphatic hydroxyl groups excluding tert-OH is 1. The Hall–Kier alpha value is -4.72. The summed E-state index contributed by atoms with van der Waals surface area (Å²) in [4.78, 5) is 28.5. The van der Waals surface area contributed by atoms with Gasteiger partial charge in [0.25, 0.3) is 5.91 Å². The lowest BCUT2D eigenvalue weighted by molar-refractivity contribution is -0.117. The molecule has 0 saturated heterocycles. The number of Topliss-reactive ketones (excluding diaryl/α,β-unsaturated/α-hetero) is 1. The molecule has 0 fully saturated rings. The second kappa shape index (κ2) is 8.49. The van der Waals surface area contributed by atoms with Gasteiger partial charge in [0.2, 0.25) is 12.6 Å². The van der Waals surface area contributed by atoms with E-state index >= 15 is 0 Å². The van der Waals surface area contributed by atoms with E-state index in [2.05, 4.69) is 0 Å². The molecule has 1 amide bonds. The molecule has 1 unspecified atom stereocenters. The van der Waals surface area contributed by atoms with E-state index in [0.717, 1.165) is 5.39 Å². The Kier molecular flexibility index (Phi) is 5.14. The second-order valence-corrected chi connectivity index (χ2v) is 8.36. The van der Waals surface area contributed by atoms with E-state index in [0.29, 0.717) is 40.7 Å². The van der Waals surface area contributed by atoms with Crippen molar-refractivity contribution in [2.75, 3.05) is 18.3 Å². The summed E-state index contributed by atoms with van der Waals surface area (Å²) < 4.78 is 22.2. The van der Waals surface area contributed by atoms with Crippen LogP contribution in [0.1, 0.15) is 29.1 Å². The highest BCUT2D eigenvalue weighted by molar-refractivity contribution is 6.20. The Morgan fingerprint density at radius 2 is 1.81 bits per heavy atom. The first-order chi connectivity index (χ1) is 17.5. The molecular formula is C28H21NO7. The summed E-state index contributed by atoms with van der Waals surface area (Å²) in [6, 6.07) is 20.0. The minimum absolute atomic E-state index is 0.0361. The van der Waals surface area contributed by atoms with E-state index in [-0.39, 0.29) is 18.1 Å². The summed E-state index contributed by atoms with van der Waals surface area (Å²) in [6.07, 6.45) is 0. The smallest absolute Gasteiger partial charge is 0.294 e. The van der Waals surface area contributed by atoms with Gasteiger partial charge in [0.05, 0.1) is 18.2 Å². The molecule has 1 N–H and O–H groups in total. The largest absolute Gasteiger partial charge is 0.503 e. The van der Waals surface area contributed by atoms with E-state index < -0.39 is 23.5 Å². The van der Waals surface area contributed by atoms with Crippen LogP contribution in [0.4, 0.5) is 5.69 Å². The van der Waals surface area contributed by atoms with Gasteiger partial charge in [-0.3, -0.25) is 14.5 Å². The first kappa shape index (κ1) is 21.8. The molecule has 180 valence electrons. The number of nitrogens with zero attached hydrogens (tertiary/aromatic N) is 1. The van der Waals surface area contributed by atoms with Gasteiger partial charge in [-0.05, 0) is 48.9 Å². The van der Waals surface area contributed by atoms with Crippen molar-refractivity contribution in [1.82, 2.24) is 0 Å². The Balaban J connectivity index is 1.47. The number of ether oxygens (including phenoxy) is 3. The zero-order valence-electron chi connectivity index (χ0n) is 19.3. The van der Waals surface area contributed by atoms with Crippen molar-refractivity contribution in [3.05, 3.63) is 95.5 Å². The summed E-state index contributed by atoms with van der Waals surface area (Å²) in [5.74, 6) is -0.183. The number of aliphatic hydroxyl groups is 1. The molecule has 0 saturated carbocycles. The third-order valence-corrected chi connectivity index (χ3v) is 6.24. The monoisotopic (exact) mass is 483 g/mol. The summed E-state index contributed by atoms with van der Waals surface area (Å²) in [5, 5.41) is 11.8. The molecule has 3 aromatic carbocycles. The number of carbonyl (C=O) groups excluding carboxylic acids is 2. The third kappa shape index (κ3) is 3.46. The second-order valence-electron chi connectivity index (χ2n) is 8.36. The first-order valence-electron chi connectivity index (χ1n) is 11.5. The van der Waals surface area contributed by atoms with Gasteiger partial charge in [-0.15, -0.1) is 0 Å². The lowest BCUT2D eigenvalue weighted by atomic mass is 9.94. The van der Waals surface area contributed by atoms with Crippen LogP contribution in [-0.4, -0.2) is 30.2 Å². The van der Waals surface area contributed by atoms with Crippen molar-refractivity contribution in [2.24, 2.45) is 0 Å². The van der Waals surface area contributed by atoms with Gasteiger partial charge < -0.3 is 23.7 Å². The molecule has 1 atom stereocenters. The average molecular weight is 483 g/mol. The maximum atomic E-state index is 13.7. The molecule has 8 nitrogen and oxygen atoms in total. The number of amides is 1. The topological polar surface area (TPSA) is 98.4 Å². The Morgan fingerprint density at radius 1 is 1.03 bits per heavy atom. The lowest BCUT2D eigenvalue weighted by Gasteiger charge is -2.27. The van der Waals surface area contributed by atoms with Gasteiger partial charge in [-0.1, -0.05) is 30.3 Å². The summed E-state index contributed by atoms with van der Waals surface area (Å²) in [7, 11) is 0. The molecule has 1 aromatic heterocycles. The highest BCUT2D eigenvalue weighted by Crippen LogP contribution is 2.45. The van der Waals surface area contributed by atoms with Crippen molar-refractivity contribution in [2.45, 2.75) is 13.0 Å². The molecule has 6 rings (SSSR count). The number of fused-ring (bicyclic) bond motifs is 2. The van der Waals surface area contributed by atoms with E-state index in [1.165, 1.54) is 4.90 Å². The fourth-order valence-electron chi connectivity index (χ4n) is 4.59. The highest BCUT2D eigenvalue weighted by Gasteiger charge is 2.45. The van der Waals surface area contributed by atoms with Crippen LogP contribution in [0, 0.1) is 0 Å². The summed E-state index contributed by atoms with van der Waals surface area (Å²) >= 11 is 0. The van der Waals surface area contributed by atoms with Crippen LogP contribution in [0.3, 0.4) is 0 Å². The summed E-state index contributed by atoms with van der Waals surface area (Å²) in [5.41, 5.74) is 1.53. The lowest BCUT2D eigenvalue weighted by Crippen LogP contribution is -2.31. The zero-order chi connectivity index (χ0) is 24.8. The minimum atomic E-state index is -0.908. The number of hydrogen-bond donors (Lipinski definition) is 1. The number of furan rings is 1. The quantitative estimate of drug-likeness (QED) is 0.370. The van der Waals surface area contributed by atoms with Crippen molar-refractivity contribution in [3.63, 3.8) is 0 Å². The van der Waals surface area contributed by atoms with Gasteiger partial charge in [-0.25, -0.2) is 0 Å². The molecule has 2 aliphatic heterocycles. The van der Waals surface area contributed by atoms with E-state index in [1.54, 1.807) is 60.7 Å². The molecule has 0 bridgehead atoms. The molecule has 8 heteroatoms. The Labute approximate surface area is 205 Å². The molecule has 36 heavy (non-hydrogen) atoms. The first-order valence-corrected chi connectivity index (χ1v) is 11.5. The molecule has 0 aliphatic carbocycles. The average Bonchev–Trinajstić information content (AvgIpc) is 3.60. The van der Waals surface area contributed by atoms with E-state index in [4.69, 9.17) is 18.6 Å². The number of hydrogen-bond acceptors (Lipinski definition) is 7. The van der Waals surface area contributed by atoms with Gasteiger partial charge in [0.1, 0.15) is 11.3 Å². The normalized spacial score (nSPS) is 16.8. The maximum absolute atomic E-state index is 13.7. The van der Waals surface area contributed by atoms with Crippen LogP contribution in [-0.2, 0) is 4.79 Å². The maximum Gasteiger partial charge on any atom is 0.294 e. The zero-order valence-corrected chi connectivity index (χ0v) is 19.3. The molecule has 0 radical (unpaired) electrons. The van der Waals surface area contributed by atoms with Gasteiger partial charge in [-0.2, -0.15) is 0 Å². The van der Waals surface area contributed by atoms with Crippen LogP contribution in [0.15, 0.2) is 88.5 Å². The van der Waals surface area contributed by atoms with Gasteiger partial charge in [0, 0.05) is 17.1 Å². The highest BCUT2D eigenvalue weighted by atomic mass is 16.7. The fraction of sp³-hybridized carbons (Fsp3) is 0.143. The number of anilines is 1. The van der Waals surface area contributed by atoms with Crippen LogP contribution < -0.4 is 19.1 Å². The van der Waals surface area contributed by atoms with Crippen molar-refractivity contribution < 1.29 is 33.3 Å². The van der Waals surface area contributed by atoms with E-state index in [9.17, 15) is 14.7 Å². The number of carbonyl (C=O) groups is 2. The van der Waals surface area contributed by atoms with E-state index in [1.807, 2.05) is 19.1 Å². The Morgan fingerprint density at radius 3 is 2.58 bits per heavy atom. The van der Waals surface area contributed by atoms with Gasteiger partial charge >= 0.3 is 0 Å². The molecule has 3 heterocycles. The Bertz CT molecular complexity index is 1500. The predicted octanol–water partition coefficient (Wildman–Crippen LogP) is 5.34. The van der Waals surface area contributed by atoms with Crippen molar-refractivity contribution in [1.29, 1.82) is 0 Å². The van der Waals surface area contributed by atoms with Crippen LogP contribution in [0.25, 0.3) is 11.0 Å². The van der Waals surface area contributed by atoms with Crippen LogP contribution in [0.2, 0.25) is 0 Å². The third-order valence-electron chi connectivity index (χ3n) is 6.24. The number of rotatable bonds is 6. The number of ketones is 1. The molecule has 0 spiro atoms. The number of para-hydroxylation sites is 1. The summed E-state index contributed by atoms with van der Waals surface area (Å²) in [6.45, 7) is 2.46. The SMILES string of the molecule is CCOc1ccc(C2C(C(=O)c3cc4ccccc4o3)=C(O)C(=O)N2c2ccc3c(c2)OCO3)cc1. The molecule has 4 aromatic rings. The molecule has 2 aliphatic rings. The van der Waals surface area contributed by atoms with Crippen molar-refractivity contribution in [3.8, 4) is 17.2 Å².